The molecular weight excluding hydrogens is 356 g/mol. The van der Waals surface area contributed by atoms with E-state index in [9.17, 15) is 4.79 Å². The molecule has 0 aliphatic heterocycles. The van der Waals surface area contributed by atoms with Crippen molar-refractivity contribution in [2.75, 3.05) is 25.1 Å². The van der Waals surface area contributed by atoms with E-state index >= 15 is 0 Å². The van der Waals surface area contributed by atoms with Crippen LogP contribution in [-0.2, 0) is 9.63 Å². The lowest BCUT2D eigenvalue weighted by molar-refractivity contribution is -0.120. The summed E-state index contributed by atoms with van der Waals surface area (Å²) in [6.45, 7) is 8.94. The lowest BCUT2D eigenvalue weighted by atomic mass is 10.1. The lowest BCUT2D eigenvalue weighted by Gasteiger charge is -2.11. The Morgan fingerprint density at radius 2 is 1.93 bits per heavy atom. The second kappa shape index (κ2) is 11.0. The topological polar surface area (TPSA) is 69.2 Å². The van der Waals surface area contributed by atoms with Gasteiger partial charge in [0.05, 0.1) is 19.4 Å². The van der Waals surface area contributed by atoms with Crippen LogP contribution in [0.15, 0.2) is 41.6 Å². The third kappa shape index (κ3) is 6.30. The SMILES string of the molecule is CCCOc1ccc(/C=N/OCC(=O)Nc2cccc(C)c2C)cc1OCC. The first-order valence-electron chi connectivity index (χ1n) is 9.46. The van der Waals surface area contributed by atoms with E-state index in [1.54, 1.807) is 0 Å². The first kappa shape index (κ1) is 21.3. The van der Waals surface area contributed by atoms with E-state index < -0.39 is 0 Å². The van der Waals surface area contributed by atoms with E-state index in [1.807, 2.05) is 57.2 Å². The van der Waals surface area contributed by atoms with Gasteiger partial charge >= 0.3 is 0 Å². The third-order valence-corrected chi connectivity index (χ3v) is 4.08. The van der Waals surface area contributed by atoms with Crippen molar-refractivity contribution in [3.8, 4) is 11.5 Å². The summed E-state index contributed by atoms with van der Waals surface area (Å²) in [5, 5.41) is 6.70. The molecule has 0 aliphatic rings. The quantitative estimate of drug-likeness (QED) is 0.484. The Hall–Kier alpha value is -3.02. The Morgan fingerprint density at radius 3 is 2.68 bits per heavy atom. The number of nitrogens with zero attached hydrogens (tertiary/aromatic N) is 1. The lowest BCUT2D eigenvalue weighted by Crippen LogP contribution is -2.17. The highest BCUT2D eigenvalue weighted by molar-refractivity contribution is 5.92. The molecule has 0 aromatic heterocycles. The van der Waals surface area contributed by atoms with Crippen LogP contribution < -0.4 is 14.8 Å². The molecule has 0 radical (unpaired) electrons. The number of ether oxygens (including phenoxy) is 2. The average Bonchev–Trinajstić information content (AvgIpc) is 2.68. The van der Waals surface area contributed by atoms with Gasteiger partial charge in [0.25, 0.3) is 5.91 Å². The molecule has 6 nitrogen and oxygen atoms in total. The number of hydrogen-bond donors (Lipinski definition) is 1. The van der Waals surface area contributed by atoms with Crippen LogP contribution in [0.4, 0.5) is 5.69 Å². The van der Waals surface area contributed by atoms with Gasteiger partial charge in [-0.1, -0.05) is 24.2 Å². The molecule has 0 atom stereocenters. The fourth-order valence-corrected chi connectivity index (χ4v) is 2.47. The predicted octanol–water partition coefficient (Wildman–Crippen LogP) is 4.48. The number of hydrogen-bond acceptors (Lipinski definition) is 5. The van der Waals surface area contributed by atoms with Crippen molar-refractivity contribution in [1.82, 2.24) is 0 Å². The molecule has 2 rings (SSSR count). The van der Waals surface area contributed by atoms with Crippen molar-refractivity contribution in [1.29, 1.82) is 0 Å². The highest BCUT2D eigenvalue weighted by atomic mass is 16.6. The van der Waals surface area contributed by atoms with Crippen molar-refractivity contribution in [3.05, 3.63) is 53.1 Å². The summed E-state index contributed by atoms with van der Waals surface area (Å²) in [6, 6.07) is 11.3. The molecule has 28 heavy (non-hydrogen) atoms. The highest BCUT2D eigenvalue weighted by Gasteiger charge is 2.07. The van der Waals surface area contributed by atoms with Crippen LogP contribution in [0.1, 0.15) is 37.0 Å². The molecule has 0 fully saturated rings. The number of carbonyl (C=O) groups is 1. The van der Waals surface area contributed by atoms with Crippen LogP contribution in [0.5, 0.6) is 11.5 Å². The third-order valence-electron chi connectivity index (χ3n) is 4.08. The predicted molar refractivity (Wildman–Crippen MR) is 111 cm³/mol. The van der Waals surface area contributed by atoms with E-state index in [-0.39, 0.29) is 12.5 Å². The van der Waals surface area contributed by atoms with E-state index in [1.165, 1.54) is 6.21 Å². The van der Waals surface area contributed by atoms with E-state index in [0.717, 1.165) is 28.8 Å². The molecular formula is C22H28N2O4. The fraction of sp³-hybridized carbons (Fsp3) is 0.364. The van der Waals surface area contributed by atoms with Gasteiger partial charge in [0.15, 0.2) is 18.1 Å². The van der Waals surface area contributed by atoms with Crippen LogP contribution in [0.25, 0.3) is 0 Å². The van der Waals surface area contributed by atoms with Gasteiger partial charge in [-0.05, 0) is 62.6 Å². The van der Waals surface area contributed by atoms with E-state index in [2.05, 4.69) is 17.4 Å². The summed E-state index contributed by atoms with van der Waals surface area (Å²) in [5.74, 6) is 1.10. The van der Waals surface area contributed by atoms with E-state index in [0.29, 0.717) is 24.7 Å². The smallest absolute Gasteiger partial charge is 0.265 e. The molecule has 1 amide bonds. The first-order valence-corrected chi connectivity index (χ1v) is 9.46. The van der Waals surface area contributed by atoms with Gasteiger partial charge in [-0.25, -0.2) is 0 Å². The molecule has 0 unspecified atom stereocenters. The van der Waals surface area contributed by atoms with Crippen molar-refractivity contribution in [3.63, 3.8) is 0 Å². The minimum Gasteiger partial charge on any atom is -0.490 e. The van der Waals surface area contributed by atoms with Crippen molar-refractivity contribution < 1.29 is 19.1 Å². The van der Waals surface area contributed by atoms with Crippen molar-refractivity contribution in [2.45, 2.75) is 34.1 Å². The van der Waals surface area contributed by atoms with Gasteiger partial charge in [0.1, 0.15) is 0 Å². The molecule has 150 valence electrons. The standard InChI is InChI=1S/C22H28N2O4/c1-5-12-27-20-11-10-18(13-21(20)26-6-2)14-23-28-15-22(25)24-19-9-7-8-16(3)17(19)4/h7-11,13-14H,5-6,12,15H2,1-4H3,(H,24,25)/b23-14+. The van der Waals surface area contributed by atoms with Crippen LogP contribution in [-0.4, -0.2) is 31.9 Å². The zero-order chi connectivity index (χ0) is 20.4. The molecule has 0 heterocycles. The van der Waals surface area contributed by atoms with Crippen LogP contribution in [0.3, 0.4) is 0 Å². The number of amides is 1. The molecule has 0 spiro atoms. The summed E-state index contributed by atoms with van der Waals surface area (Å²) in [5.41, 5.74) is 3.73. The van der Waals surface area contributed by atoms with Gasteiger partial charge in [-0.3, -0.25) is 4.79 Å². The zero-order valence-corrected chi connectivity index (χ0v) is 17.0. The number of rotatable bonds is 10. The number of nitrogens with one attached hydrogen (secondary N) is 1. The minimum atomic E-state index is -0.260. The maximum absolute atomic E-state index is 12.0. The second-order valence-corrected chi connectivity index (χ2v) is 6.29. The summed E-state index contributed by atoms with van der Waals surface area (Å²) >= 11 is 0. The molecule has 2 aromatic rings. The molecule has 0 saturated carbocycles. The Labute approximate surface area is 166 Å². The highest BCUT2D eigenvalue weighted by Crippen LogP contribution is 2.28. The Bertz CT molecular complexity index is 818. The normalized spacial score (nSPS) is 10.7. The minimum absolute atomic E-state index is 0.167. The molecule has 6 heteroatoms. The summed E-state index contributed by atoms with van der Waals surface area (Å²) in [7, 11) is 0. The summed E-state index contributed by atoms with van der Waals surface area (Å²) < 4.78 is 11.3. The maximum atomic E-state index is 12.0. The molecule has 0 aliphatic carbocycles. The Balaban J connectivity index is 1.90. The van der Waals surface area contributed by atoms with Gasteiger partial charge in [-0.15, -0.1) is 0 Å². The monoisotopic (exact) mass is 384 g/mol. The summed E-state index contributed by atoms with van der Waals surface area (Å²) in [6.07, 6.45) is 2.46. The largest absolute Gasteiger partial charge is 0.490 e. The van der Waals surface area contributed by atoms with E-state index in [4.69, 9.17) is 14.3 Å². The molecule has 2 aromatic carbocycles. The van der Waals surface area contributed by atoms with Gasteiger partial charge < -0.3 is 19.6 Å². The first-order chi connectivity index (χ1) is 13.5. The Kier molecular flexibility index (Phi) is 8.34. The van der Waals surface area contributed by atoms with Crippen molar-refractivity contribution >= 4 is 17.8 Å². The maximum Gasteiger partial charge on any atom is 0.265 e. The number of oxime groups is 1. The number of anilines is 1. The summed E-state index contributed by atoms with van der Waals surface area (Å²) in [4.78, 5) is 17.1. The van der Waals surface area contributed by atoms with Crippen LogP contribution >= 0.6 is 0 Å². The molecule has 0 bridgehead atoms. The van der Waals surface area contributed by atoms with Gasteiger partial charge in [0.2, 0.25) is 0 Å². The average molecular weight is 384 g/mol. The van der Waals surface area contributed by atoms with Crippen LogP contribution in [0, 0.1) is 13.8 Å². The molecule has 0 saturated heterocycles. The van der Waals surface area contributed by atoms with Gasteiger partial charge in [-0.2, -0.15) is 0 Å². The number of aryl methyl sites for hydroxylation is 1. The molecule has 1 N–H and O–H groups in total. The van der Waals surface area contributed by atoms with Crippen molar-refractivity contribution in [2.24, 2.45) is 5.16 Å². The van der Waals surface area contributed by atoms with Gasteiger partial charge in [0, 0.05) is 11.3 Å². The second-order valence-electron chi connectivity index (χ2n) is 6.29. The Morgan fingerprint density at radius 1 is 1.11 bits per heavy atom. The fourth-order valence-electron chi connectivity index (χ4n) is 2.47. The zero-order valence-electron chi connectivity index (χ0n) is 17.0. The number of carbonyl (C=O) groups excluding carboxylic acids is 1. The van der Waals surface area contributed by atoms with Crippen LogP contribution in [0.2, 0.25) is 0 Å². The number of benzene rings is 2.